The summed E-state index contributed by atoms with van der Waals surface area (Å²) in [7, 11) is -2.52. The second kappa shape index (κ2) is 9.20. The molecule has 12 heteroatoms. The monoisotopic (exact) mass is 582 g/mol. The van der Waals surface area contributed by atoms with E-state index < -0.39 is 21.9 Å². The number of alkyl carbamates (subject to hydrolysis) is 1. The van der Waals surface area contributed by atoms with Gasteiger partial charge in [0.2, 0.25) is 10.0 Å². The third kappa shape index (κ3) is 4.57. The van der Waals surface area contributed by atoms with Gasteiger partial charge in [-0.25, -0.2) is 22.6 Å². The zero-order chi connectivity index (χ0) is 24.9. The number of amides is 1. The summed E-state index contributed by atoms with van der Waals surface area (Å²) in [6, 6.07) is 9.45. The van der Waals surface area contributed by atoms with Crippen LogP contribution in [0.5, 0.6) is 0 Å². The molecule has 2 aromatic carbocycles. The first-order valence-corrected chi connectivity index (χ1v) is 13.4. The van der Waals surface area contributed by atoms with Crippen LogP contribution in [0.25, 0.3) is 22.6 Å². The quantitative estimate of drug-likeness (QED) is 0.444. The number of nitrogens with zero attached hydrogens (tertiary/aromatic N) is 2. The van der Waals surface area contributed by atoms with Gasteiger partial charge in [-0.2, -0.15) is 4.31 Å². The number of methoxy groups -OCH3 is 1. The van der Waals surface area contributed by atoms with Crippen molar-refractivity contribution >= 4 is 43.6 Å². The number of hydrogen-bond donors (Lipinski definition) is 2. The molecule has 8 nitrogen and oxygen atoms in total. The Morgan fingerprint density at radius 1 is 1.26 bits per heavy atom. The Balaban J connectivity index is 1.33. The van der Waals surface area contributed by atoms with Crippen LogP contribution >= 0.6 is 27.5 Å². The number of rotatable bonds is 6. The van der Waals surface area contributed by atoms with Crippen LogP contribution in [-0.4, -0.2) is 55.5 Å². The Morgan fingerprint density at radius 3 is 2.66 bits per heavy atom. The molecule has 3 atom stereocenters. The highest BCUT2D eigenvalue weighted by Gasteiger charge is 2.57. The molecule has 5 rings (SSSR count). The largest absolute Gasteiger partial charge is 0.453 e. The lowest BCUT2D eigenvalue weighted by Gasteiger charge is -2.20. The summed E-state index contributed by atoms with van der Waals surface area (Å²) < 4.78 is 47.1. The van der Waals surface area contributed by atoms with Gasteiger partial charge in [0, 0.05) is 30.8 Å². The number of piperidine rings is 1. The van der Waals surface area contributed by atoms with Crippen molar-refractivity contribution in [3.8, 4) is 22.6 Å². The first kappa shape index (κ1) is 24.2. The van der Waals surface area contributed by atoms with E-state index >= 15 is 0 Å². The number of nitrogens with one attached hydrogen (secondary N) is 2. The molecule has 2 heterocycles. The lowest BCUT2D eigenvalue weighted by atomic mass is 10.2. The number of benzene rings is 2. The van der Waals surface area contributed by atoms with E-state index in [0.717, 1.165) is 0 Å². The number of aromatic amines is 1. The van der Waals surface area contributed by atoms with Gasteiger partial charge in [0.1, 0.15) is 16.5 Å². The smallest absolute Gasteiger partial charge is 0.406 e. The van der Waals surface area contributed by atoms with Gasteiger partial charge in [-0.3, -0.25) is 0 Å². The molecule has 2 fully saturated rings. The fraction of sp³-hybridized carbons (Fsp3) is 0.304. The summed E-state index contributed by atoms with van der Waals surface area (Å²) in [6.07, 6.45) is 1.08. The van der Waals surface area contributed by atoms with Crippen molar-refractivity contribution in [3.63, 3.8) is 0 Å². The fourth-order valence-corrected chi connectivity index (χ4v) is 6.91. The first-order chi connectivity index (χ1) is 16.7. The SMILES string of the molecule is COC(=O)NC[C@@H]1[C@H]2CN(S(=O)(=O)c3cc(-c4ncc(-c5ccc(Br)c(F)c5)[nH]4)ccc3Cl)C[C@@H]12. The van der Waals surface area contributed by atoms with Crippen LogP contribution in [-0.2, 0) is 14.8 Å². The standard InChI is InChI=1S/C23H21BrClFN4O4S/c1-34-23(31)28-8-14-15-10-30(11-16(14)15)35(32,33)21-7-13(3-5-18(21)25)22-27-9-20(29-22)12-2-4-17(24)19(26)6-12/h2-7,9,14-16H,8,10-11H2,1H3,(H,27,29)(H,28,31)/t14-,15-,16+. The van der Waals surface area contributed by atoms with Gasteiger partial charge in [0.05, 0.1) is 28.5 Å². The molecule has 0 radical (unpaired) electrons. The highest BCUT2D eigenvalue weighted by atomic mass is 79.9. The van der Waals surface area contributed by atoms with Crippen LogP contribution in [0.3, 0.4) is 0 Å². The summed E-state index contributed by atoms with van der Waals surface area (Å²) in [5.41, 5.74) is 1.75. The predicted octanol–water partition coefficient (Wildman–Crippen LogP) is 4.52. The molecular weight excluding hydrogens is 563 g/mol. The number of sulfonamides is 1. The summed E-state index contributed by atoms with van der Waals surface area (Å²) >= 11 is 9.45. The number of halogens is 3. The number of imidazole rings is 1. The van der Waals surface area contributed by atoms with Crippen molar-refractivity contribution < 1.29 is 22.3 Å². The maximum Gasteiger partial charge on any atom is 0.406 e. The Morgan fingerprint density at radius 2 is 1.97 bits per heavy atom. The van der Waals surface area contributed by atoms with Gasteiger partial charge >= 0.3 is 6.09 Å². The van der Waals surface area contributed by atoms with Gasteiger partial charge in [0.25, 0.3) is 0 Å². The molecule has 1 saturated carbocycles. The van der Waals surface area contributed by atoms with Gasteiger partial charge in [0.15, 0.2) is 0 Å². The van der Waals surface area contributed by atoms with Gasteiger partial charge in [-0.05, 0) is 64.0 Å². The average Bonchev–Trinajstić information content (AvgIpc) is 3.20. The summed E-state index contributed by atoms with van der Waals surface area (Å²) in [5.74, 6) is 0.679. The van der Waals surface area contributed by atoms with E-state index in [4.69, 9.17) is 11.6 Å². The Bertz CT molecular complexity index is 1400. The van der Waals surface area contributed by atoms with Crippen molar-refractivity contribution in [1.82, 2.24) is 19.6 Å². The molecule has 0 unspecified atom stereocenters. The number of hydrogen-bond acceptors (Lipinski definition) is 5. The molecule has 3 aromatic rings. The van der Waals surface area contributed by atoms with Gasteiger partial charge in [-0.1, -0.05) is 17.7 Å². The third-order valence-electron chi connectivity index (χ3n) is 6.63. The third-order valence-corrected chi connectivity index (χ3v) is 9.59. The lowest BCUT2D eigenvalue weighted by molar-refractivity contribution is 0.170. The van der Waals surface area contributed by atoms with Crippen molar-refractivity contribution in [2.45, 2.75) is 4.90 Å². The molecule has 35 heavy (non-hydrogen) atoms. The number of H-pyrrole nitrogens is 1. The highest BCUT2D eigenvalue weighted by Crippen LogP contribution is 2.52. The van der Waals surface area contributed by atoms with E-state index in [1.165, 1.54) is 29.6 Å². The molecule has 1 aromatic heterocycles. The molecule has 2 aliphatic rings. The Hall–Kier alpha value is -2.47. The molecule has 1 aliphatic heterocycles. The maximum absolute atomic E-state index is 13.9. The molecule has 2 N–H and O–H groups in total. The van der Waals surface area contributed by atoms with Crippen molar-refractivity contribution in [2.75, 3.05) is 26.7 Å². The fourth-order valence-electron chi connectivity index (χ4n) is 4.65. The second-order valence-electron chi connectivity index (χ2n) is 8.61. The van der Waals surface area contributed by atoms with Gasteiger partial charge in [-0.15, -0.1) is 0 Å². The molecule has 1 amide bonds. The van der Waals surface area contributed by atoms with E-state index in [1.807, 2.05) is 0 Å². The molecule has 184 valence electrons. The van der Waals surface area contributed by atoms with Crippen LogP contribution in [0.2, 0.25) is 5.02 Å². The minimum Gasteiger partial charge on any atom is -0.453 e. The zero-order valence-corrected chi connectivity index (χ0v) is 21.6. The molecule has 1 saturated heterocycles. The average molecular weight is 584 g/mol. The van der Waals surface area contributed by atoms with Crippen molar-refractivity contribution in [3.05, 3.63) is 57.9 Å². The highest BCUT2D eigenvalue weighted by molar-refractivity contribution is 9.10. The van der Waals surface area contributed by atoms with Crippen molar-refractivity contribution in [2.24, 2.45) is 17.8 Å². The zero-order valence-electron chi connectivity index (χ0n) is 18.5. The Kier molecular flexibility index (Phi) is 6.37. The summed E-state index contributed by atoms with van der Waals surface area (Å²) in [4.78, 5) is 18.8. The lowest BCUT2D eigenvalue weighted by Crippen LogP contribution is -2.34. The van der Waals surface area contributed by atoms with Crippen LogP contribution in [0.15, 0.2) is 52.0 Å². The van der Waals surface area contributed by atoms with Crippen LogP contribution in [0, 0.1) is 23.6 Å². The summed E-state index contributed by atoms with van der Waals surface area (Å²) in [6.45, 7) is 1.22. The first-order valence-electron chi connectivity index (χ1n) is 10.8. The minimum atomic E-state index is -3.82. The number of carbonyl (C=O) groups is 1. The summed E-state index contributed by atoms with van der Waals surface area (Å²) in [5, 5.41) is 2.80. The molecule has 1 aliphatic carbocycles. The number of fused-ring (bicyclic) bond motifs is 1. The van der Waals surface area contributed by atoms with E-state index in [0.29, 0.717) is 46.8 Å². The van der Waals surface area contributed by atoms with Crippen molar-refractivity contribution in [1.29, 1.82) is 0 Å². The molecule has 0 spiro atoms. The second-order valence-corrected chi connectivity index (χ2v) is 11.8. The van der Waals surface area contributed by atoms with E-state index in [-0.39, 0.29) is 27.7 Å². The predicted molar refractivity (Wildman–Crippen MR) is 132 cm³/mol. The van der Waals surface area contributed by atoms with Crippen LogP contribution < -0.4 is 5.32 Å². The minimum absolute atomic E-state index is 0.00911. The number of ether oxygens (including phenoxy) is 1. The topological polar surface area (TPSA) is 104 Å². The molecule has 0 bridgehead atoms. The Labute approximate surface area is 215 Å². The van der Waals surface area contributed by atoms with Crippen LogP contribution in [0.1, 0.15) is 0 Å². The van der Waals surface area contributed by atoms with Crippen LogP contribution in [0.4, 0.5) is 9.18 Å². The number of carbonyl (C=O) groups excluding carboxylic acids is 1. The van der Waals surface area contributed by atoms with E-state index in [1.54, 1.807) is 24.4 Å². The van der Waals surface area contributed by atoms with E-state index in [9.17, 15) is 17.6 Å². The van der Waals surface area contributed by atoms with E-state index in [2.05, 4.69) is 36.0 Å². The maximum atomic E-state index is 13.9. The van der Waals surface area contributed by atoms with Gasteiger partial charge < -0.3 is 15.0 Å². The number of aromatic nitrogens is 2. The normalized spacial score (nSPS) is 21.5. The molecular formula is C23H21BrClFN4O4S.